The maximum Gasteiger partial charge on any atom is 0.297 e. The summed E-state index contributed by atoms with van der Waals surface area (Å²) in [5.41, 5.74) is 3.57. The highest BCUT2D eigenvalue weighted by Crippen LogP contribution is 2.57. The average molecular weight is 1060 g/mol. The molecule has 0 atom stereocenters. The van der Waals surface area contributed by atoms with Crippen molar-refractivity contribution in [1.29, 1.82) is 0 Å². The minimum atomic E-state index is -5.41. The van der Waals surface area contributed by atoms with Crippen molar-refractivity contribution < 1.29 is 71.3 Å². The first kappa shape index (κ1) is 49.6. The number of hydrogen-bond donors (Lipinski definition) is 13. The third kappa shape index (κ3) is 10.6. The molecule has 0 aliphatic rings. The number of rotatable bonds is 13. The molecule has 0 bridgehead atoms. The number of nitrogens with zero attached hydrogens (tertiary/aromatic N) is 7. The summed E-state index contributed by atoms with van der Waals surface area (Å²) in [6.45, 7) is 1.86. The van der Waals surface area contributed by atoms with Crippen LogP contribution in [0, 0.1) is 6.92 Å². The van der Waals surface area contributed by atoms with Crippen molar-refractivity contribution in [2.75, 3.05) is 16.4 Å². The lowest BCUT2D eigenvalue weighted by molar-refractivity contribution is 0.373. The minimum Gasteiger partial charge on any atom is -0.505 e. The van der Waals surface area contributed by atoms with Gasteiger partial charge in [0.15, 0.2) is 5.75 Å². The second kappa shape index (κ2) is 18.0. The number of aromatic nitrogens is 3. The number of phenolic OH excluding ortho intramolecular Hbond substituents is 1. The third-order valence-electron chi connectivity index (χ3n) is 9.28. The number of phenols is 1. The minimum absolute atomic E-state index is 0.00107. The fourth-order valence-corrected chi connectivity index (χ4v) is 10.2. The molecule has 7 aromatic rings. The van der Waals surface area contributed by atoms with Crippen LogP contribution >= 0.6 is 33.3 Å². The van der Waals surface area contributed by atoms with E-state index < -0.39 is 132 Å². The predicted molar refractivity (Wildman–Crippen MR) is 248 cm³/mol. The largest absolute Gasteiger partial charge is 0.505 e. The molecule has 0 saturated heterocycles. The van der Waals surface area contributed by atoms with Gasteiger partial charge in [-0.15, -0.1) is 20.5 Å². The zero-order valence-corrected chi connectivity index (χ0v) is 38.5. The monoisotopic (exact) mass is 1050 g/mol. The molecular formula is C36H31ClN10O16S5. The smallest absolute Gasteiger partial charge is 0.297 e. The second-order valence-electron chi connectivity index (χ2n) is 14.0. The summed E-state index contributed by atoms with van der Waals surface area (Å²) < 4.78 is 167. The summed E-state index contributed by atoms with van der Waals surface area (Å²) in [6, 6.07) is 16.4. The first-order chi connectivity index (χ1) is 31.5. The molecule has 0 aliphatic heterocycles. The summed E-state index contributed by atoms with van der Waals surface area (Å²) in [4.78, 5) is 7.47. The van der Waals surface area contributed by atoms with Gasteiger partial charge in [0.1, 0.15) is 59.2 Å². The van der Waals surface area contributed by atoms with Crippen molar-refractivity contribution in [2.24, 2.45) is 20.5 Å². The third-order valence-corrected chi connectivity index (χ3v) is 14.0. The fraction of sp³-hybridized carbons (Fsp3) is 0.0278. The number of benzene rings is 6. The topological polar surface area (TPSA) is 443 Å². The van der Waals surface area contributed by atoms with Gasteiger partial charge < -0.3 is 48.8 Å². The number of halogens is 1. The number of aryl methyl sites for hydroxylation is 1. The Morgan fingerprint density at radius 2 is 1.13 bits per heavy atom. The molecule has 358 valence electrons. The molecule has 1 aromatic heterocycles. The maximum atomic E-state index is 12.8. The van der Waals surface area contributed by atoms with Gasteiger partial charge in [-0.3, -0.25) is 13.7 Å². The molecule has 1 heterocycles. The van der Waals surface area contributed by atoms with Crippen LogP contribution in [0.5, 0.6) is 5.75 Å². The zero-order valence-electron chi connectivity index (χ0n) is 33.6. The highest BCUT2D eigenvalue weighted by atomic mass is 35.5. The van der Waals surface area contributed by atoms with Crippen molar-refractivity contribution in [3.05, 3.63) is 95.8 Å². The van der Waals surface area contributed by atoms with Crippen LogP contribution in [0.4, 0.5) is 51.7 Å². The van der Waals surface area contributed by atoms with E-state index in [2.05, 4.69) is 46.0 Å². The summed E-state index contributed by atoms with van der Waals surface area (Å²) >= 11 is 6.14. The average Bonchev–Trinajstić information content (AvgIpc) is 3.20. The number of fused-ring (bicyclic) bond motifs is 2. The van der Waals surface area contributed by atoms with Gasteiger partial charge in [0.2, 0.25) is 17.2 Å². The summed E-state index contributed by atoms with van der Waals surface area (Å²) in [5.74, 6) is -1.40. The van der Waals surface area contributed by atoms with Gasteiger partial charge in [-0.2, -0.15) is 40.2 Å². The van der Waals surface area contributed by atoms with Crippen molar-refractivity contribution in [2.45, 2.75) is 31.4 Å². The van der Waals surface area contributed by atoms with Crippen LogP contribution in [0.25, 0.3) is 21.5 Å². The fourth-order valence-electron chi connectivity index (χ4n) is 6.54. The normalized spacial score (nSPS) is 13.5. The zero-order chi connectivity index (χ0) is 49.9. The molecule has 68 heavy (non-hydrogen) atoms. The first-order valence-corrected chi connectivity index (χ1v) is 25.8. The van der Waals surface area contributed by atoms with E-state index >= 15 is 0 Å². The number of hydrogen-bond acceptors (Lipinski definition) is 23. The van der Waals surface area contributed by atoms with E-state index in [9.17, 15) is 71.3 Å². The number of nitrogen functional groups attached to an aromatic ring is 1. The maximum absolute atomic E-state index is 12.8. The van der Waals surface area contributed by atoms with Crippen LogP contribution < -0.4 is 16.4 Å². The molecule has 0 amide bonds. The number of nitrogens with two attached hydrogens (primary N) is 1. The number of anilines is 5. The van der Waals surface area contributed by atoms with Gasteiger partial charge in [0, 0.05) is 22.1 Å². The van der Waals surface area contributed by atoms with E-state index in [1.54, 1.807) is 18.2 Å². The number of azo groups is 2. The Kier molecular flexibility index (Phi) is 13.1. The molecule has 0 fully saturated rings. The standard InChI is InChI=1S/C36H31ClN10O16S5/c1-16-4-2-5-18(12-16)39-35-41-34(37)42-36(43-35)40-19-8-11-25(65(52,53)54)23(15-19)45-46-30-26(66(55,56)57)13-17-14-27(67(58,59)60)31(32(48)28(17)29(30)38)47-44-22-10-9-20-21(33(22)68(61,62)63)6-3-7-24(20)64(49,50)51/h2-15,48,52-54,58-60H,38H2,1H3,(H,49,50,51)(H,55,56,57)(H,61,62,63)(H2,39,40,41,42,43). The Morgan fingerprint density at radius 1 is 0.559 bits per heavy atom. The molecular weight excluding hydrogens is 1020 g/mol. The Labute approximate surface area is 391 Å². The molecule has 14 N–H and O–H groups in total. The van der Waals surface area contributed by atoms with Crippen LogP contribution in [0.2, 0.25) is 5.28 Å². The van der Waals surface area contributed by atoms with E-state index in [-0.39, 0.29) is 22.9 Å². The van der Waals surface area contributed by atoms with Crippen molar-refractivity contribution in [1.82, 2.24) is 15.0 Å². The number of nitrogens with one attached hydrogen (secondary N) is 2. The van der Waals surface area contributed by atoms with E-state index in [0.29, 0.717) is 17.8 Å². The van der Waals surface area contributed by atoms with Gasteiger partial charge in [-0.1, -0.05) is 30.3 Å². The Balaban J connectivity index is 1.37. The van der Waals surface area contributed by atoms with E-state index in [4.69, 9.17) is 17.3 Å². The van der Waals surface area contributed by atoms with Crippen LogP contribution in [-0.2, 0) is 30.4 Å². The summed E-state index contributed by atoms with van der Waals surface area (Å²) in [7, 11) is -25.3. The van der Waals surface area contributed by atoms with Crippen LogP contribution in [0.15, 0.2) is 130 Å². The van der Waals surface area contributed by atoms with Gasteiger partial charge in [-0.25, -0.2) is 0 Å². The summed E-state index contributed by atoms with van der Waals surface area (Å²) in [5, 5.41) is 30.0. The molecule has 0 aliphatic carbocycles. The van der Waals surface area contributed by atoms with Gasteiger partial charge >= 0.3 is 0 Å². The Morgan fingerprint density at radius 3 is 1.72 bits per heavy atom. The molecule has 0 spiro atoms. The molecule has 0 unspecified atom stereocenters. The van der Waals surface area contributed by atoms with Crippen molar-refractivity contribution in [3.63, 3.8) is 0 Å². The lowest BCUT2D eigenvalue weighted by Crippen LogP contribution is -2.04. The number of aromatic hydroxyl groups is 1. The molecule has 32 heteroatoms. The van der Waals surface area contributed by atoms with Crippen LogP contribution in [-0.4, -0.2) is 86.3 Å². The van der Waals surface area contributed by atoms with Crippen molar-refractivity contribution in [3.8, 4) is 5.75 Å². The highest BCUT2D eigenvalue weighted by Gasteiger charge is 2.31. The van der Waals surface area contributed by atoms with Crippen molar-refractivity contribution >= 4 is 137 Å². The molecule has 7 rings (SSSR count). The van der Waals surface area contributed by atoms with E-state index in [1.165, 1.54) is 6.07 Å². The second-order valence-corrected chi connectivity index (χ2v) is 21.4. The van der Waals surface area contributed by atoms with E-state index in [1.807, 2.05) is 13.0 Å². The van der Waals surface area contributed by atoms with Gasteiger partial charge in [0.05, 0.1) is 20.9 Å². The predicted octanol–water partition coefficient (Wildman–Crippen LogP) is 9.65. The Hall–Kier alpha value is -6.27. The van der Waals surface area contributed by atoms with Crippen LogP contribution in [0.1, 0.15) is 5.56 Å². The SMILES string of the molecule is Cc1cccc(Nc2nc(Cl)nc(Nc3ccc(S(O)(O)O)c(N=Nc4c(S(=O)(=O)O)cc5cc(S(O)(O)O)c(N=Nc6ccc7c(S(=O)(=O)O)cccc7c6S(=O)(=O)O)c(O)c5c4N)c3)n2)c1. The lowest BCUT2D eigenvalue weighted by Gasteiger charge is -2.23. The molecule has 26 nitrogen and oxygen atoms in total. The van der Waals surface area contributed by atoms with E-state index in [0.717, 1.165) is 48.0 Å². The molecule has 0 saturated carbocycles. The molecule has 0 radical (unpaired) electrons. The lowest BCUT2D eigenvalue weighted by atomic mass is 10.1. The molecule has 6 aromatic carbocycles. The van der Waals surface area contributed by atoms with Gasteiger partial charge in [0.25, 0.3) is 30.4 Å². The quantitative estimate of drug-likeness (QED) is 0.0290. The first-order valence-electron chi connectivity index (χ1n) is 18.1. The summed E-state index contributed by atoms with van der Waals surface area (Å²) in [6.07, 6.45) is 0. The highest BCUT2D eigenvalue weighted by molar-refractivity contribution is 8.19. The Bertz CT molecular complexity index is 3650. The van der Waals surface area contributed by atoms with Gasteiger partial charge in [-0.05, 0) is 84.1 Å². The van der Waals surface area contributed by atoms with Crippen LogP contribution in [0.3, 0.4) is 0 Å².